The van der Waals surface area contributed by atoms with Crippen molar-refractivity contribution in [3.63, 3.8) is 0 Å². The van der Waals surface area contributed by atoms with Gasteiger partial charge in [-0.1, -0.05) is 44.2 Å². The molecule has 1 nitrogen and oxygen atoms in total. The zero-order chi connectivity index (χ0) is 12.5. The molecule has 2 aromatic rings. The highest BCUT2D eigenvalue weighted by Crippen LogP contribution is 2.44. The van der Waals surface area contributed by atoms with Gasteiger partial charge in [0.1, 0.15) is 0 Å². The van der Waals surface area contributed by atoms with Gasteiger partial charge in [-0.3, -0.25) is 4.98 Å². The van der Waals surface area contributed by atoms with Crippen molar-refractivity contribution in [1.82, 2.24) is 4.98 Å². The summed E-state index contributed by atoms with van der Waals surface area (Å²) in [6.07, 6.45) is 2.67. The van der Waals surface area contributed by atoms with Crippen LogP contribution < -0.4 is 0 Å². The Hall–Kier alpha value is -1.63. The molecule has 1 aromatic carbocycles. The molecule has 0 spiro atoms. The molecule has 1 heteroatoms. The van der Waals surface area contributed by atoms with Gasteiger partial charge < -0.3 is 0 Å². The standard InChI is InChI=1S/C17H19N/c1-12(2)16-8-5-9-17(18-16)15-7-4-3-6-14(15)13-10-11-13/h3-9,12-13H,10-11H2,1-2H3. The van der Waals surface area contributed by atoms with Gasteiger partial charge in [-0.2, -0.15) is 0 Å². The fourth-order valence-corrected chi connectivity index (χ4v) is 2.40. The quantitative estimate of drug-likeness (QED) is 0.750. The third-order valence-electron chi connectivity index (χ3n) is 3.62. The highest BCUT2D eigenvalue weighted by molar-refractivity contribution is 5.65. The Kier molecular flexibility index (Phi) is 2.91. The molecule has 0 N–H and O–H groups in total. The summed E-state index contributed by atoms with van der Waals surface area (Å²) in [5, 5.41) is 0. The van der Waals surface area contributed by atoms with E-state index in [1.54, 1.807) is 0 Å². The highest BCUT2D eigenvalue weighted by atomic mass is 14.7. The van der Waals surface area contributed by atoms with E-state index >= 15 is 0 Å². The van der Waals surface area contributed by atoms with Crippen LogP contribution in [0.2, 0.25) is 0 Å². The van der Waals surface area contributed by atoms with Gasteiger partial charge in [0.05, 0.1) is 5.69 Å². The van der Waals surface area contributed by atoms with E-state index in [2.05, 4.69) is 56.3 Å². The third-order valence-corrected chi connectivity index (χ3v) is 3.62. The van der Waals surface area contributed by atoms with Crippen LogP contribution in [-0.2, 0) is 0 Å². The summed E-state index contributed by atoms with van der Waals surface area (Å²) in [7, 11) is 0. The molecule has 92 valence electrons. The Morgan fingerprint density at radius 2 is 1.78 bits per heavy atom. The average Bonchev–Trinajstić information content (AvgIpc) is 3.23. The van der Waals surface area contributed by atoms with Gasteiger partial charge in [0.25, 0.3) is 0 Å². The molecule has 0 bridgehead atoms. The second kappa shape index (κ2) is 4.56. The van der Waals surface area contributed by atoms with Crippen molar-refractivity contribution in [3.05, 3.63) is 53.7 Å². The molecule has 0 unspecified atom stereocenters. The molecule has 0 amide bonds. The van der Waals surface area contributed by atoms with E-state index in [9.17, 15) is 0 Å². The Morgan fingerprint density at radius 1 is 1.00 bits per heavy atom. The van der Waals surface area contributed by atoms with E-state index in [0.717, 1.165) is 11.6 Å². The number of rotatable bonds is 3. The number of hydrogen-bond acceptors (Lipinski definition) is 1. The zero-order valence-electron chi connectivity index (χ0n) is 11.1. The maximum absolute atomic E-state index is 4.81. The topological polar surface area (TPSA) is 12.9 Å². The van der Waals surface area contributed by atoms with Gasteiger partial charge in [-0.05, 0) is 42.4 Å². The van der Waals surface area contributed by atoms with Crippen molar-refractivity contribution in [2.75, 3.05) is 0 Å². The molecule has 0 atom stereocenters. The second-order valence-corrected chi connectivity index (χ2v) is 5.46. The normalized spacial score (nSPS) is 15.1. The molecule has 1 aromatic heterocycles. The van der Waals surface area contributed by atoms with Gasteiger partial charge in [0.15, 0.2) is 0 Å². The first-order valence-corrected chi connectivity index (χ1v) is 6.82. The predicted octanol–water partition coefficient (Wildman–Crippen LogP) is 4.75. The van der Waals surface area contributed by atoms with Crippen LogP contribution in [0.1, 0.15) is 49.8 Å². The fourth-order valence-electron chi connectivity index (χ4n) is 2.40. The van der Waals surface area contributed by atoms with Crippen LogP contribution in [0.5, 0.6) is 0 Å². The molecule has 1 saturated carbocycles. The van der Waals surface area contributed by atoms with Gasteiger partial charge in [0, 0.05) is 11.3 Å². The number of nitrogens with zero attached hydrogens (tertiary/aromatic N) is 1. The molecule has 3 rings (SSSR count). The molecule has 1 aliphatic carbocycles. The van der Waals surface area contributed by atoms with Crippen molar-refractivity contribution in [2.24, 2.45) is 0 Å². The minimum absolute atomic E-state index is 0.484. The predicted molar refractivity (Wildman–Crippen MR) is 75.7 cm³/mol. The van der Waals surface area contributed by atoms with E-state index in [4.69, 9.17) is 4.98 Å². The monoisotopic (exact) mass is 237 g/mol. The summed E-state index contributed by atoms with van der Waals surface area (Å²) in [6, 6.07) is 15.1. The first-order valence-electron chi connectivity index (χ1n) is 6.82. The van der Waals surface area contributed by atoms with Crippen LogP contribution in [0.25, 0.3) is 11.3 Å². The summed E-state index contributed by atoms with van der Waals surface area (Å²) in [4.78, 5) is 4.81. The van der Waals surface area contributed by atoms with Crippen LogP contribution in [0, 0.1) is 0 Å². The summed E-state index contributed by atoms with van der Waals surface area (Å²) in [5.74, 6) is 1.25. The SMILES string of the molecule is CC(C)c1cccc(-c2ccccc2C2CC2)n1. The van der Waals surface area contributed by atoms with Crippen molar-refractivity contribution in [3.8, 4) is 11.3 Å². The fraction of sp³-hybridized carbons (Fsp3) is 0.353. The Balaban J connectivity index is 2.06. The van der Waals surface area contributed by atoms with Crippen molar-refractivity contribution >= 4 is 0 Å². The number of benzene rings is 1. The van der Waals surface area contributed by atoms with E-state index in [0.29, 0.717) is 5.92 Å². The average molecular weight is 237 g/mol. The molecule has 18 heavy (non-hydrogen) atoms. The number of aromatic nitrogens is 1. The minimum Gasteiger partial charge on any atom is -0.253 e. The number of pyridine rings is 1. The maximum atomic E-state index is 4.81. The van der Waals surface area contributed by atoms with Gasteiger partial charge >= 0.3 is 0 Å². The zero-order valence-corrected chi connectivity index (χ0v) is 11.1. The minimum atomic E-state index is 0.484. The van der Waals surface area contributed by atoms with Crippen molar-refractivity contribution in [1.29, 1.82) is 0 Å². The lowest BCUT2D eigenvalue weighted by Crippen LogP contribution is -1.95. The van der Waals surface area contributed by atoms with Crippen molar-refractivity contribution in [2.45, 2.75) is 38.5 Å². The summed E-state index contributed by atoms with van der Waals surface area (Å²) >= 11 is 0. The smallest absolute Gasteiger partial charge is 0.0708 e. The van der Waals surface area contributed by atoms with Crippen LogP contribution in [0.3, 0.4) is 0 Å². The number of hydrogen-bond donors (Lipinski definition) is 0. The highest BCUT2D eigenvalue weighted by Gasteiger charge is 2.26. The Bertz CT molecular complexity index is 553. The maximum Gasteiger partial charge on any atom is 0.0708 e. The molecule has 0 saturated heterocycles. The molecular weight excluding hydrogens is 218 g/mol. The summed E-state index contributed by atoms with van der Waals surface area (Å²) in [5.41, 5.74) is 5.11. The lowest BCUT2D eigenvalue weighted by Gasteiger charge is -2.10. The lowest BCUT2D eigenvalue weighted by atomic mass is 9.99. The first-order chi connectivity index (χ1) is 8.75. The lowest BCUT2D eigenvalue weighted by molar-refractivity contribution is 0.824. The van der Waals surface area contributed by atoms with E-state index < -0.39 is 0 Å². The first kappa shape index (κ1) is 11.5. The Morgan fingerprint density at radius 3 is 2.50 bits per heavy atom. The second-order valence-electron chi connectivity index (χ2n) is 5.46. The molecular formula is C17H19N. The molecule has 0 aliphatic heterocycles. The van der Waals surface area contributed by atoms with Crippen LogP contribution in [0.4, 0.5) is 0 Å². The van der Waals surface area contributed by atoms with Gasteiger partial charge in [0.2, 0.25) is 0 Å². The molecule has 0 radical (unpaired) electrons. The van der Waals surface area contributed by atoms with E-state index in [1.165, 1.54) is 29.7 Å². The van der Waals surface area contributed by atoms with Gasteiger partial charge in [-0.15, -0.1) is 0 Å². The van der Waals surface area contributed by atoms with Crippen LogP contribution in [-0.4, -0.2) is 4.98 Å². The van der Waals surface area contributed by atoms with E-state index in [1.807, 2.05) is 0 Å². The van der Waals surface area contributed by atoms with Gasteiger partial charge in [-0.25, -0.2) is 0 Å². The summed E-state index contributed by atoms with van der Waals surface area (Å²) < 4.78 is 0. The van der Waals surface area contributed by atoms with Crippen LogP contribution >= 0.6 is 0 Å². The Labute approximate surface area is 109 Å². The summed E-state index contributed by atoms with van der Waals surface area (Å²) in [6.45, 7) is 4.39. The molecule has 1 aliphatic rings. The van der Waals surface area contributed by atoms with E-state index in [-0.39, 0.29) is 0 Å². The van der Waals surface area contributed by atoms with Crippen LogP contribution in [0.15, 0.2) is 42.5 Å². The molecule has 1 heterocycles. The largest absolute Gasteiger partial charge is 0.253 e. The van der Waals surface area contributed by atoms with Crippen molar-refractivity contribution < 1.29 is 0 Å². The molecule has 1 fully saturated rings. The third kappa shape index (κ3) is 2.17.